The topological polar surface area (TPSA) is 78.4 Å². The van der Waals surface area contributed by atoms with Gasteiger partial charge in [0.2, 0.25) is 5.91 Å². The number of carbonyl (C=O) groups is 2. The van der Waals surface area contributed by atoms with Crippen LogP contribution < -0.4 is 10.6 Å². The van der Waals surface area contributed by atoms with Gasteiger partial charge < -0.3 is 15.7 Å². The molecule has 0 saturated heterocycles. The monoisotopic (exact) mass is 260 g/mol. The second kappa shape index (κ2) is 7.19. The van der Waals surface area contributed by atoms with Crippen LogP contribution in [0.2, 0.25) is 0 Å². The van der Waals surface area contributed by atoms with E-state index in [0.717, 1.165) is 5.56 Å². The molecule has 3 N–H and O–H groups in total. The van der Waals surface area contributed by atoms with E-state index in [9.17, 15) is 9.59 Å². The molecule has 0 aliphatic carbocycles. The highest BCUT2D eigenvalue weighted by atomic mass is 16.2. The number of amides is 2. The first kappa shape index (κ1) is 14.7. The minimum atomic E-state index is -0.325. The molecule has 0 radical (unpaired) electrons. The molecule has 0 unspecified atom stereocenters. The average molecular weight is 260 g/mol. The van der Waals surface area contributed by atoms with Crippen LogP contribution in [0.3, 0.4) is 0 Å². The predicted molar refractivity (Wildman–Crippen MR) is 71.5 cm³/mol. The second-order valence-electron chi connectivity index (χ2n) is 3.85. The van der Waals surface area contributed by atoms with Crippen molar-refractivity contribution >= 4 is 11.8 Å². The summed E-state index contributed by atoms with van der Waals surface area (Å²) in [5, 5.41) is 13.6. The largest absolute Gasteiger partial charge is 0.384 e. The first-order valence-electron chi connectivity index (χ1n) is 5.77. The first-order valence-corrected chi connectivity index (χ1v) is 5.77. The number of hydrogen-bond donors (Lipinski definition) is 3. The summed E-state index contributed by atoms with van der Waals surface area (Å²) < 4.78 is 0. The Labute approximate surface area is 112 Å². The summed E-state index contributed by atoms with van der Waals surface area (Å²) >= 11 is 0. The second-order valence-corrected chi connectivity index (χ2v) is 3.85. The smallest absolute Gasteiger partial charge is 0.252 e. The summed E-state index contributed by atoms with van der Waals surface area (Å²) in [6, 6.07) is 5.18. The number of carbonyl (C=O) groups excluding carboxylic acids is 2. The van der Waals surface area contributed by atoms with Crippen molar-refractivity contribution in [2.75, 3.05) is 20.2 Å². The molecule has 5 heteroatoms. The van der Waals surface area contributed by atoms with Gasteiger partial charge in [0.05, 0.1) is 6.54 Å². The van der Waals surface area contributed by atoms with Gasteiger partial charge in [0, 0.05) is 18.2 Å². The minimum absolute atomic E-state index is 0.0681. The quantitative estimate of drug-likeness (QED) is 0.659. The van der Waals surface area contributed by atoms with Crippen LogP contribution in [0.1, 0.15) is 21.5 Å². The van der Waals surface area contributed by atoms with Gasteiger partial charge in [-0.2, -0.15) is 0 Å². The molecule has 19 heavy (non-hydrogen) atoms. The van der Waals surface area contributed by atoms with Crippen LogP contribution in [0.5, 0.6) is 0 Å². The maximum Gasteiger partial charge on any atom is 0.252 e. The van der Waals surface area contributed by atoms with Crippen molar-refractivity contribution in [3.05, 3.63) is 34.9 Å². The summed E-state index contributed by atoms with van der Waals surface area (Å²) in [4.78, 5) is 23.0. The molecular formula is C14H16N2O3. The van der Waals surface area contributed by atoms with Crippen molar-refractivity contribution in [3.8, 4) is 11.8 Å². The minimum Gasteiger partial charge on any atom is -0.384 e. The molecule has 0 bridgehead atoms. The Morgan fingerprint density at radius 2 is 2.11 bits per heavy atom. The van der Waals surface area contributed by atoms with Crippen LogP contribution in [0.25, 0.3) is 0 Å². The van der Waals surface area contributed by atoms with Crippen LogP contribution >= 0.6 is 0 Å². The third-order valence-electron chi connectivity index (χ3n) is 2.48. The summed E-state index contributed by atoms with van der Waals surface area (Å²) in [5.41, 5.74) is 1.90. The van der Waals surface area contributed by atoms with Crippen LogP contribution in [0.4, 0.5) is 0 Å². The third kappa shape index (κ3) is 4.45. The summed E-state index contributed by atoms with van der Waals surface area (Å²) in [6.45, 7) is 1.51. The van der Waals surface area contributed by atoms with Gasteiger partial charge in [0.15, 0.2) is 0 Å². The maximum atomic E-state index is 11.9. The van der Waals surface area contributed by atoms with Crippen molar-refractivity contribution < 1.29 is 14.7 Å². The number of rotatable bonds is 3. The molecule has 2 amide bonds. The van der Waals surface area contributed by atoms with E-state index in [1.807, 2.05) is 0 Å². The zero-order chi connectivity index (χ0) is 14.3. The van der Waals surface area contributed by atoms with Gasteiger partial charge in [-0.25, -0.2) is 0 Å². The molecule has 1 aromatic carbocycles. The Morgan fingerprint density at radius 1 is 1.37 bits per heavy atom. The van der Waals surface area contributed by atoms with Crippen LogP contribution in [-0.2, 0) is 4.79 Å². The average Bonchev–Trinajstić information content (AvgIpc) is 2.43. The summed E-state index contributed by atoms with van der Waals surface area (Å²) in [6.07, 6.45) is 0. The number of hydrogen-bond acceptors (Lipinski definition) is 3. The number of likely N-dealkylation sites (N-methyl/N-ethyl adjacent to an activating group) is 1. The molecule has 0 aliphatic heterocycles. The Balaban J connectivity index is 2.86. The Morgan fingerprint density at radius 3 is 2.74 bits per heavy atom. The fraction of sp³-hybridized carbons (Fsp3) is 0.286. The fourth-order valence-electron chi connectivity index (χ4n) is 1.43. The molecule has 100 valence electrons. The highest BCUT2D eigenvalue weighted by molar-refractivity contribution is 5.97. The molecular weight excluding hydrogens is 244 g/mol. The van der Waals surface area contributed by atoms with Gasteiger partial charge in [0.1, 0.15) is 6.61 Å². The number of aliphatic hydroxyl groups is 1. The molecule has 0 aromatic heterocycles. The van der Waals surface area contributed by atoms with Gasteiger partial charge >= 0.3 is 0 Å². The van der Waals surface area contributed by atoms with Gasteiger partial charge in [-0.3, -0.25) is 9.59 Å². The number of nitrogens with one attached hydrogen (secondary N) is 2. The van der Waals surface area contributed by atoms with E-state index in [0.29, 0.717) is 11.1 Å². The molecule has 5 nitrogen and oxygen atoms in total. The van der Waals surface area contributed by atoms with Gasteiger partial charge in [-0.15, -0.1) is 0 Å². The van der Waals surface area contributed by atoms with E-state index in [2.05, 4.69) is 22.5 Å². The van der Waals surface area contributed by atoms with Crippen LogP contribution in [-0.4, -0.2) is 37.1 Å². The van der Waals surface area contributed by atoms with Gasteiger partial charge in [-0.1, -0.05) is 17.9 Å². The molecule has 0 fully saturated rings. The Kier molecular flexibility index (Phi) is 5.58. The lowest BCUT2D eigenvalue weighted by Crippen LogP contribution is -2.35. The standard InChI is InChI=1S/C14H16N2O3/c1-10-5-6-11(4-3-7-17)8-12(10)14(19)16-9-13(18)15-2/h5-6,8,17H,7,9H2,1-2H3,(H,15,18)(H,16,19). The molecule has 0 spiro atoms. The molecule has 0 atom stereocenters. The van der Waals surface area contributed by atoms with E-state index in [-0.39, 0.29) is 25.0 Å². The van der Waals surface area contributed by atoms with Crippen molar-refractivity contribution in [1.29, 1.82) is 0 Å². The Hall–Kier alpha value is -2.32. The van der Waals surface area contributed by atoms with E-state index >= 15 is 0 Å². The first-order chi connectivity index (χ1) is 9.08. The van der Waals surface area contributed by atoms with Crippen molar-refractivity contribution in [2.24, 2.45) is 0 Å². The van der Waals surface area contributed by atoms with Crippen molar-refractivity contribution in [1.82, 2.24) is 10.6 Å². The molecule has 0 heterocycles. The summed E-state index contributed by atoms with van der Waals surface area (Å²) in [7, 11) is 1.50. The van der Waals surface area contributed by atoms with Gasteiger partial charge in [0.25, 0.3) is 5.91 Å². The normalized spacial score (nSPS) is 9.21. The molecule has 1 aromatic rings. The lowest BCUT2D eigenvalue weighted by Gasteiger charge is -2.07. The molecule has 0 aliphatic rings. The summed E-state index contributed by atoms with van der Waals surface area (Å²) in [5.74, 6) is 4.67. The highest BCUT2D eigenvalue weighted by Gasteiger charge is 2.10. The lowest BCUT2D eigenvalue weighted by molar-refractivity contribution is -0.119. The predicted octanol–water partition coefficient (Wildman–Crippen LogP) is -0.185. The highest BCUT2D eigenvalue weighted by Crippen LogP contribution is 2.10. The van der Waals surface area contributed by atoms with E-state index in [4.69, 9.17) is 5.11 Å². The zero-order valence-corrected chi connectivity index (χ0v) is 10.9. The number of aryl methyl sites for hydroxylation is 1. The van der Waals surface area contributed by atoms with E-state index in [1.165, 1.54) is 7.05 Å². The molecule has 1 rings (SSSR count). The van der Waals surface area contributed by atoms with Crippen LogP contribution in [0.15, 0.2) is 18.2 Å². The van der Waals surface area contributed by atoms with Crippen molar-refractivity contribution in [3.63, 3.8) is 0 Å². The SMILES string of the molecule is CNC(=O)CNC(=O)c1cc(C#CCO)ccc1C. The zero-order valence-electron chi connectivity index (χ0n) is 10.9. The number of aliphatic hydroxyl groups excluding tert-OH is 1. The van der Waals surface area contributed by atoms with E-state index < -0.39 is 0 Å². The lowest BCUT2D eigenvalue weighted by atomic mass is 10.0. The Bertz CT molecular complexity index is 541. The van der Waals surface area contributed by atoms with Crippen LogP contribution in [0, 0.1) is 18.8 Å². The van der Waals surface area contributed by atoms with Crippen molar-refractivity contribution in [2.45, 2.75) is 6.92 Å². The van der Waals surface area contributed by atoms with Gasteiger partial charge in [-0.05, 0) is 24.6 Å². The van der Waals surface area contributed by atoms with E-state index in [1.54, 1.807) is 25.1 Å². The molecule has 0 saturated carbocycles. The fourth-order valence-corrected chi connectivity index (χ4v) is 1.43. The third-order valence-corrected chi connectivity index (χ3v) is 2.48. The maximum absolute atomic E-state index is 11.9. The number of benzene rings is 1.